The molecule has 8 rings (SSSR count). The Morgan fingerprint density at radius 1 is 0.549 bits per heavy atom. The largest absolute Gasteiger partial charge is 0.497 e. The minimum atomic E-state index is 0.00733. The van der Waals surface area contributed by atoms with Crippen LogP contribution in [-0.2, 0) is 0 Å². The Morgan fingerprint density at radius 2 is 1.02 bits per heavy atom. The van der Waals surface area contributed by atoms with Crippen molar-refractivity contribution < 1.29 is 9.47 Å². The number of rotatable bonds is 4. The summed E-state index contributed by atoms with van der Waals surface area (Å²) in [6.07, 6.45) is 0. The average Bonchev–Trinajstić information content (AvgIpc) is 3.16. The fourth-order valence-electron chi connectivity index (χ4n) is 5.06. The maximum atomic E-state index is 12.7. The first-order valence-corrected chi connectivity index (χ1v) is 19.3. The van der Waals surface area contributed by atoms with Crippen LogP contribution in [0.2, 0.25) is 15.1 Å². The molecule has 0 saturated carbocycles. The van der Waals surface area contributed by atoms with E-state index in [2.05, 4.69) is 12.6 Å². The topological polar surface area (TPSA) is 52.6 Å². The van der Waals surface area contributed by atoms with Crippen LogP contribution in [0.5, 0.6) is 11.5 Å². The second kappa shape index (κ2) is 16.7. The maximum Gasteiger partial charge on any atom is 0.195 e. The summed E-state index contributed by atoms with van der Waals surface area (Å²) in [5.41, 5.74) is 0.0418. The Kier molecular flexibility index (Phi) is 12.2. The molecule has 0 N–H and O–H groups in total. The second-order valence-electron chi connectivity index (χ2n) is 10.8. The molecule has 0 saturated heterocycles. The first-order valence-electron chi connectivity index (χ1n) is 15.3. The first-order chi connectivity index (χ1) is 24.7. The van der Waals surface area contributed by atoms with E-state index in [0.717, 1.165) is 55.8 Å². The van der Waals surface area contributed by atoms with Crippen molar-refractivity contribution in [3.8, 4) is 11.5 Å². The second-order valence-corrected chi connectivity index (χ2v) is 15.7. The fourth-order valence-corrected chi connectivity index (χ4v) is 9.23. The Morgan fingerprint density at radius 3 is 1.55 bits per heavy atom. The number of hydrogen-bond donors (Lipinski definition) is 1. The van der Waals surface area contributed by atoms with Crippen molar-refractivity contribution in [1.29, 1.82) is 0 Å². The summed E-state index contributed by atoms with van der Waals surface area (Å²) in [4.78, 5) is 27.9. The molecule has 2 heterocycles. The number of ether oxygens (including phenoxy) is 2. The molecule has 0 unspecified atom stereocenters. The molecular weight excluding hydrogens is 779 g/mol. The molecule has 256 valence electrons. The molecule has 2 aromatic heterocycles. The molecule has 8 aromatic rings. The average molecular weight is 806 g/mol. The smallest absolute Gasteiger partial charge is 0.195 e. The van der Waals surface area contributed by atoms with Gasteiger partial charge in [0.05, 0.1) is 38.7 Å². The Labute approximate surface area is 326 Å². The molecule has 4 nitrogen and oxygen atoms in total. The van der Waals surface area contributed by atoms with Crippen molar-refractivity contribution in [2.24, 2.45) is 0 Å². The van der Waals surface area contributed by atoms with Gasteiger partial charge < -0.3 is 9.47 Å². The first kappa shape index (κ1) is 37.0. The van der Waals surface area contributed by atoms with Gasteiger partial charge in [-0.2, -0.15) is 0 Å². The zero-order valence-corrected chi connectivity index (χ0v) is 32.6. The summed E-state index contributed by atoms with van der Waals surface area (Å²) >= 11 is 27.5. The lowest BCUT2D eigenvalue weighted by Crippen LogP contribution is -2.01. The lowest BCUT2D eigenvalue weighted by atomic mass is 10.2. The van der Waals surface area contributed by atoms with Gasteiger partial charge in [0.1, 0.15) is 11.5 Å². The van der Waals surface area contributed by atoms with Gasteiger partial charge in [-0.1, -0.05) is 70.8 Å². The van der Waals surface area contributed by atoms with Crippen molar-refractivity contribution >= 4 is 122 Å². The molecule has 0 aliphatic heterocycles. The summed E-state index contributed by atoms with van der Waals surface area (Å²) in [7, 11) is 3.29. The van der Waals surface area contributed by atoms with Crippen LogP contribution in [0.25, 0.3) is 40.3 Å². The van der Waals surface area contributed by atoms with E-state index in [1.165, 1.54) is 11.3 Å². The lowest BCUT2D eigenvalue weighted by molar-refractivity contribution is 0.414. The standard InChI is InChI=1S/C20H13ClO2S2.C13H6Cl2OS.C7H8OS/c1-23-12-6-8-13(9-7-12)24-17-11-10-15-19(22)14-4-2-3-5-16(14)25-20(15)18(17)21;14-9-6-5-8-12(16)7-3-1-2-4-10(7)17-13(8)11(9)15;1-8-6-2-4-7(9)5-3-6/h2-11H,1H3;1-6H;2-5,9H,1H3. The molecule has 6 aromatic carbocycles. The number of methoxy groups -OCH3 is 2. The van der Waals surface area contributed by atoms with E-state index in [4.69, 9.17) is 44.3 Å². The molecule has 0 fully saturated rings. The van der Waals surface area contributed by atoms with Crippen LogP contribution in [0.1, 0.15) is 0 Å². The molecule has 0 bridgehead atoms. The third kappa shape index (κ3) is 8.34. The minimum Gasteiger partial charge on any atom is -0.497 e. The number of fused-ring (bicyclic) bond motifs is 4. The van der Waals surface area contributed by atoms with Gasteiger partial charge in [-0.25, -0.2) is 0 Å². The molecule has 0 radical (unpaired) electrons. The summed E-state index contributed by atoms with van der Waals surface area (Å²) in [5, 5.41) is 4.33. The van der Waals surface area contributed by atoms with Gasteiger partial charge >= 0.3 is 0 Å². The van der Waals surface area contributed by atoms with Gasteiger partial charge in [0.2, 0.25) is 0 Å². The molecule has 0 atom stereocenters. The van der Waals surface area contributed by atoms with Gasteiger partial charge in [0.15, 0.2) is 10.9 Å². The third-order valence-electron chi connectivity index (χ3n) is 7.65. The van der Waals surface area contributed by atoms with Crippen molar-refractivity contribution in [2.75, 3.05) is 14.2 Å². The number of halogens is 3. The SMILES string of the molecule is COc1ccc(S)cc1.COc1ccc(Sc2ccc3c(=O)c4ccccc4sc3c2Cl)cc1.O=c1c2ccccc2sc2c(Cl)c(Cl)ccc12. The highest BCUT2D eigenvalue weighted by atomic mass is 35.5. The van der Waals surface area contributed by atoms with E-state index in [9.17, 15) is 9.59 Å². The van der Waals surface area contributed by atoms with E-state index in [1.54, 1.807) is 49.5 Å². The van der Waals surface area contributed by atoms with Crippen LogP contribution in [0.15, 0.2) is 146 Å². The third-order valence-corrected chi connectivity index (χ3v) is 13.0. The van der Waals surface area contributed by atoms with Crippen LogP contribution in [0, 0.1) is 0 Å². The van der Waals surface area contributed by atoms with Gasteiger partial charge in [-0.15, -0.1) is 35.3 Å². The van der Waals surface area contributed by atoms with Crippen molar-refractivity contribution in [3.63, 3.8) is 0 Å². The van der Waals surface area contributed by atoms with E-state index in [1.807, 2.05) is 109 Å². The van der Waals surface area contributed by atoms with Crippen LogP contribution in [0.4, 0.5) is 0 Å². The highest BCUT2D eigenvalue weighted by Gasteiger charge is 2.13. The number of benzene rings is 6. The van der Waals surface area contributed by atoms with E-state index < -0.39 is 0 Å². The van der Waals surface area contributed by atoms with Gasteiger partial charge in [-0.3, -0.25) is 9.59 Å². The molecule has 11 heteroatoms. The summed E-state index contributed by atoms with van der Waals surface area (Å²) in [6, 6.07) is 37.7. The molecule has 0 amide bonds. The quantitative estimate of drug-likeness (QED) is 0.142. The Balaban J connectivity index is 0.000000148. The highest BCUT2D eigenvalue weighted by Crippen LogP contribution is 2.40. The highest BCUT2D eigenvalue weighted by molar-refractivity contribution is 7.99. The molecular formula is C40H27Cl3O4S4. The summed E-state index contributed by atoms with van der Waals surface area (Å²) < 4.78 is 13.6. The minimum absolute atomic E-state index is 0.00733. The zero-order chi connectivity index (χ0) is 36.1. The van der Waals surface area contributed by atoms with Crippen LogP contribution < -0.4 is 20.3 Å². The fraction of sp³-hybridized carbons (Fsp3) is 0.0500. The van der Waals surface area contributed by atoms with E-state index in [0.29, 0.717) is 25.8 Å². The summed E-state index contributed by atoms with van der Waals surface area (Å²) in [5.74, 6) is 1.69. The lowest BCUT2D eigenvalue weighted by Gasteiger charge is -2.08. The van der Waals surface area contributed by atoms with Gasteiger partial charge in [0.25, 0.3) is 0 Å². The van der Waals surface area contributed by atoms with Crippen molar-refractivity contribution in [3.05, 3.63) is 157 Å². The molecule has 0 aliphatic carbocycles. The molecule has 0 spiro atoms. The van der Waals surface area contributed by atoms with Gasteiger partial charge in [0, 0.05) is 45.6 Å². The Hall–Kier alpha value is -3.73. The molecule has 51 heavy (non-hydrogen) atoms. The monoisotopic (exact) mass is 804 g/mol. The van der Waals surface area contributed by atoms with Crippen molar-refractivity contribution in [2.45, 2.75) is 14.7 Å². The predicted molar refractivity (Wildman–Crippen MR) is 224 cm³/mol. The van der Waals surface area contributed by atoms with E-state index >= 15 is 0 Å². The molecule has 0 aliphatic rings. The summed E-state index contributed by atoms with van der Waals surface area (Å²) in [6.45, 7) is 0. The number of hydrogen-bond acceptors (Lipinski definition) is 8. The predicted octanol–water partition coefficient (Wildman–Crippen LogP) is 12.9. The number of thiol groups is 1. The van der Waals surface area contributed by atoms with Crippen LogP contribution in [0.3, 0.4) is 0 Å². The van der Waals surface area contributed by atoms with Crippen molar-refractivity contribution in [1.82, 2.24) is 0 Å². The normalized spacial score (nSPS) is 10.8. The van der Waals surface area contributed by atoms with Crippen LogP contribution in [-0.4, -0.2) is 14.2 Å². The zero-order valence-electron chi connectivity index (χ0n) is 27.0. The van der Waals surface area contributed by atoms with Crippen LogP contribution >= 0.6 is 81.9 Å². The Bertz CT molecular complexity index is 2620. The van der Waals surface area contributed by atoms with E-state index in [-0.39, 0.29) is 10.9 Å². The maximum absolute atomic E-state index is 12.7. The van der Waals surface area contributed by atoms with Gasteiger partial charge in [-0.05, 0) is 97.1 Å².